The molecule has 0 unspecified atom stereocenters. The lowest BCUT2D eigenvalue weighted by Crippen LogP contribution is -2.07. The summed E-state index contributed by atoms with van der Waals surface area (Å²) in [6, 6.07) is 11.7. The van der Waals surface area contributed by atoms with E-state index in [0.717, 1.165) is 38.5 Å². The van der Waals surface area contributed by atoms with E-state index in [-0.39, 0.29) is 22.6 Å². The summed E-state index contributed by atoms with van der Waals surface area (Å²) in [5.74, 6) is -4.34. The van der Waals surface area contributed by atoms with Crippen LogP contribution in [0.3, 0.4) is 0 Å². The van der Waals surface area contributed by atoms with Crippen LogP contribution in [0.5, 0.6) is 82.1 Å². The van der Waals surface area contributed by atoms with Gasteiger partial charge < -0.3 is 48.1 Å². The zero-order chi connectivity index (χ0) is 39.7. The predicted octanol–water partition coefficient (Wildman–Crippen LogP) is 9.16. The van der Waals surface area contributed by atoms with Crippen LogP contribution in [-0.4, -0.2) is 66.3 Å². The van der Waals surface area contributed by atoms with Gasteiger partial charge in [-0.15, -0.1) is 29.9 Å². The first-order valence-electron chi connectivity index (χ1n) is 15.3. The molecule has 3 heterocycles. The van der Waals surface area contributed by atoms with E-state index in [9.17, 15) is 19.8 Å². The highest BCUT2D eigenvalue weighted by Gasteiger charge is 2.26. The minimum atomic E-state index is -0.852. The van der Waals surface area contributed by atoms with Crippen LogP contribution >= 0.6 is 63.7 Å². The third kappa shape index (κ3) is 8.22. The fourth-order valence-electron chi connectivity index (χ4n) is 4.60. The highest BCUT2D eigenvalue weighted by Crippen LogP contribution is 2.45. The summed E-state index contributed by atoms with van der Waals surface area (Å²) < 4.78 is 47.2. The third-order valence-corrected chi connectivity index (χ3v) is 9.60. The molecule has 0 fully saturated rings. The van der Waals surface area contributed by atoms with E-state index < -0.39 is 82.5 Å². The van der Waals surface area contributed by atoms with E-state index in [1.807, 2.05) is 0 Å². The lowest BCUT2D eigenvalue weighted by molar-refractivity contribution is 0.0591. The number of rotatable bonds is 6. The second kappa shape index (κ2) is 16.1. The summed E-state index contributed by atoms with van der Waals surface area (Å²) >= 11 is 13.6. The number of hydrogen-bond donors (Lipinski definition) is 2. The Morgan fingerprint density at radius 2 is 0.804 bits per heavy atom. The Kier molecular flexibility index (Phi) is 11.0. The number of aromatic nitrogens is 6. The van der Waals surface area contributed by atoms with E-state index in [4.69, 9.17) is 37.9 Å². The van der Waals surface area contributed by atoms with E-state index >= 15 is 0 Å². The van der Waals surface area contributed by atoms with Gasteiger partial charge in [-0.25, -0.2) is 9.59 Å². The van der Waals surface area contributed by atoms with Gasteiger partial charge in [-0.3, -0.25) is 0 Å². The van der Waals surface area contributed by atoms with Crippen LogP contribution in [0.4, 0.5) is 0 Å². The molecule has 0 saturated heterocycles. The van der Waals surface area contributed by atoms with Crippen molar-refractivity contribution in [2.75, 3.05) is 14.2 Å². The van der Waals surface area contributed by atoms with Crippen molar-refractivity contribution in [3.63, 3.8) is 0 Å². The molecule has 4 aromatic carbocycles. The Labute approximate surface area is 347 Å². The van der Waals surface area contributed by atoms with Crippen molar-refractivity contribution >= 4 is 75.7 Å². The van der Waals surface area contributed by atoms with Crippen molar-refractivity contribution in [3.05, 3.63) is 89.7 Å². The van der Waals surface area contributed by atoms with Crippen molar-refractivity contribution in [1.82, 2.24) is 29.9 Å². The molecule has 56 heavy (non-hydrogen) atoms. The Morgan fingerprint density at radius 3 is 1.07 bits per heavy atom. The fraction of sp³-hybridized carbons (Fsp3) is 0.0588. The van der Waals surface area contributed by atoms with Gasteiger partial charge in [-0.1, -0.05) is 12.1 Å². The number of carbonyl (C=O) groups is 2. The van der Waals surface area contributed by atoms with Gasteiger partial charge in [0.25, 0.3) is 0 Å². The molecule has 0 aliphatic carbocycles. The van der Waals surface area contributed by atoms with Crippen LogP contribution in [-0.2, 0) is 9.47 Å². The smallest absolute Gasteiger partial charge is 0.338 e. The molecule has 0 atom stereocenters. The van der Waals surface area contributed by atoms with Gasteiger partial charge in [0.1, 0.15) is 0 Å². The van der Waals surface area contributed by atoms with E-state index in [1.54, 1.807) is 36.4 Å². The second-order valence-corrected chi connectivity index (χ2v) is 14.1. The molecule has 1 aliphatic rings. The van der Waals surface area contributed by atoms with Crippen LogP contribution in [0.1, 0.15) is 20.7 Å². The zero-order valence-corrected chi connectivity index (χ0v) is 34.3. The molecule has 6 aromatic rings. The molecule has 0 spiro atoms. The summed E-state index contributed by atoms with van der Waals surface area (Å²) in [6.45, 7) is 0. The molecule has 0 amide bonds. The van der Waals surface area contributed by atoms with Gasteiger partial charge in [0.05, 0.1) is 43.2 Å². The first-order valence-corrected chi connectivity index (χ1v) is 18.4. The normalized spacial score (nSPS) is 11.5. The van der Waals surface area contributed by atoms with Gasteiger partial charge in [-0.2, -0.15) is 0 Å². The van der Waals surface area contributed by atoms with Gasteiger partial charge in [0.2, 0.25) is 11.5 Å². The number of aromatic hydroxyl groups is 2. The minimum absolute atomic E-state index is 0.162. The van der Waals surface area contributed by atoms with Gasteiger partial charge in [0.15, 0.2) is 34.5 Å². The summed E-state index contributed by atoms with van der Waals surface area (Å²) in [5, 5.41) is 22.9. The van der Waals surface area contributed by atoms with Gasteiger partial charge in [0, 0.05) is 0 Å². The quantitative estimate of drug-likeness (QED) is 0.148. The number of nitrogens with zero attached hydrogens (tertiary/aromatic N) is 6. The lowest BCUT2D eigenvalue weighted by atomic mass is 10.2. The number of methoxy groups -OCH3 is 2. The Morgan fingerprint density at radius 1 is 0.518 bits per heavy atom. The number of halogens is 4. The van der Waals surface area contributed by atoms with Crippen LogP contribution in [0.15, 0.2) is 78.6 Å². The van der Waals surface area contributed by atoms with Crippen LogP contribution in [0.25, 0.3) is 0 Å². The molecule has 7 rings (SSSR count). The Hall–Kier alpha value is -5.84. The molecule has 0 saturated carbocycles. The summed E-state index contributed by atoms with van der Waals surface area (Å²) in [4.78, 5) is 50.7. The lowest BCUT2D eigenvalue weighted by Gasteiger charge is -2.16. The molecule has 284 valence electrons. The summed E-state index contributed by atoms with van der Waals surface area (Å²) in [6.07, 6.45) is 0. The van der Waals surface area contributed by atoms with E-state index in [1.165, 1.54) is 0 Å². The van der Waals surface area contributed by atoms with E-state index in [2.05, 4.69) is 93.6 Å². The molecular formula is C34H18Br4N6O12. The molecule has 0 radical (unpaired) electrons. The second-order valence-electron chi connectivity index (χ2n) is 10.7. The highest BCUT2D eigenvalue weighted by atomic mass is 79.9. The van der Waals surface area contributed by atoms with Crippen LogP contribution < -0.4 is 28.4 Å². The van der Waals surface area contributed by atoms with Crippen molar-refractivity contribution in [3.8, 4) is 82.1 Å². The number of ether oxygens (including phenoxy) is 8. The number of benzene rings is 4. The van der Waals surface area contributed by atoms with Crippen molar-refractivity contribution in [2.45, 2.75) is 0 Å². The number of phenolic OH excluding ortho intramolecular Hbond substituents is 2. The predicted molar refractivity (Wildman–Crippen MR) is 203 cm³/mol. The van der Waals surface area contributed by atoms with Crippen molar-refractivity contribution in [1.29, 1.82) is 0 Å². The first kappa shape index (κ1) is 38.4. The fourth-order valence-corrected chi connectivity index (χ4v) is 6.92. The number of carbonyl (C=O) groups excluding carboxylic acids is 2. The highest BCUT2D eigenvalue weighted by molar-refractivity contribution is 9.11. The maximum atomic E-state index is 12.8. The van der Waals surface area contributed by atoms with E-state index in [0.29, 0.717) is 17.9 Å². The van der Waals surface area contributed by atoms with Crippen LogP contribution in [0, 0.1) is 0 Å². The molecule has 1 aliphatic heterocycles. The number of para-hydroxylation sites is 2. The summed E-state index contributed by atoms with van der Waals surface area (Å²) in [7, 11) is 2.28. The minimum Gasteiger partial charge on any atom is -0.502 e. The molecular weight excluding hydrogens is 1000 g/mol. The molecule has 22 heteroatoms. The third-order valence-electron chi connectivity index (χ3n) is 7.10. The monoisotopic (exact) mass is 1020 g/mol. The number of phenols is 2. The topological polar surface area (TPSA) is 226 Å². The molecule has 2 N–H and O–H groups in total. The van der Waals surface area contributed by atoms with Crippen LogP contribution in [0.2, 0.25) is 0 Å². The average Bonchev–Trinajstić information content (AvgIpc) is 3.16. The zero-order valence-electron chi connectivity index (χ0n) is 27.9. The summed E-state index contributed by atoms with van der Waals surface area (Å²) in [5.41, 5.74) is -0.324. The average molecular weight is 1020 g/mol. The largest absolute Gasteiger partial charge is 0.502 e. The molecule has 18 nitrogen and oxygen atoms in total. The molecule has 8 bridgehead atoms. The number of fused-ring (bicyclic) bond motifs is 8. The first-order chi connectivity index (χ1) is 26.9. The molecule has 2 aromatic heterocycles. The van der Waals surface area contributed by atoms with Crippen molar-refractivity contribution in [2.24, 2.45) is 0 Å². The number of esters is 2. The maximum Gasteiger partial charge on any atom is 0.338 e. The standard InChI is InChI=1S/C34H18Br4N6O12/c1-49-27(47)13-9-19-23(45)20(10-13)52-30-40-32(44-34(42-30)56-26-17(37)7-4-8-18(26)38)54-22-12-14(28(48)50-2)11-21(24(22)46)53-31-39-29(51-19)41-33(43-31)55-25-15(35)5-3-6-16(25)36/h3-12,45-46H,1-2H3. The van der Waals surface area contributed by atoms with Gasteiger partial charge >= 0.3 is 48.0 Å². The number of hydrogen-bond acceptors (Lipinski definition) is 18. The maximum absolute atomic E-state index is 12.8. The Bertz CT molecular complexity index is 2260. The Balaban J connectivity index is 1.44. The SMILES string of the molecule is COC(=O)c1cc2c(O)c(c1)Oc1nc(nc(Oc3c(Br)cccc3Br)n1)Oc1cc(C(=O)OC)cc(c1O)Oc1nc(nc(Oc3c(Br)cccc3Br)n1)O2. The van der Waals surface area contributed by atoms with Crippen molar-refractivity contribution < 1.29 is 57.7 Å². The van der Waals surface area contributed by atoms with Gasteiger partial charge in [-0.05, 0) is 112 Å².